The minimum absolute atomic E-state index is 0.0879. The van der Waals surface area contributed by atoms with Crippen molar-refractivity contribution < 1.29 is 14.3 Å². The maximum absolute atomic E-state index is 12.1. The number of ether oxygens (including phenoxy) is 1. The molecule has 2 N–H and O–H groups in total. The van der Waals surface area contributed by atoms with Gasteiger partial charge in [0.1, 0.15) is 0 Å². The average Bonchev–Trinajstić information content (AvgIpc) is 3.24. The molecule has 0 aliphatic heterocycles. The van der Waals surface area contributed by atoms with Crippen LogP contribution in [0.5, 0.6) is 0 Å². The monoisotopic (exact) mass is 310 g/mol. The fourth-order valence-electron chi connectivity index (χ4n) is 2.15. The number of rotatable bonds is 6. The van der Waals surface area contributed by atoms with Crippen LogP contribution in [-0.4, -0.2) is 32.1 Å². The van der Waals surface area contributed by atoms with Gasteiger partial charge in [0.15, 0.2) is 0 Å². The highest BCUT2D eigenvalue weighted by Crippen LogP contribution is 2.39. The van der Waals surface area contributed by atoms with Crippen LogP contribution in [0.1, 0.15) is 12.0 Å². The lowest BCUT2D eigenvalue weighted by Gasteiger charge is -2.09. The lowest BCUT2D eigenvalue weighted by Crippen LogP contribution is -2.30. The highest BCUT2D eigenvalue weighted by atomic mass is 35.5. The summed E-state index contributed by atoms with van der Waals surface area (Å²) in [6.07, 6.45) is 0.588. The molecule has 0 aromatic heterocycles. The first kappa shape index (κ1) is 15.8. The molecule has 2 atom stereocenters. The molecule has 0 saturated heterocycles. The molecular formula is C15H19ClN2O3. The van der Waals surface area contributed by atoms with Crippen LogP contribution in [0.15, 0.2) is 18.2 Å². The van der Waals surface area contributed by atoms with Crippen molar-refractivity contribution in [3.63, 3.8) is 0 Å². The number of hydrogen-bond donors (Lipinski definition) is 2. The van der Waals surface area contributed by atoms with E-state index in [1.807, 2.05) is 6.92 Å². The Morgan fingerprint density at radius 3 is 2.76 bits per heavy atom. The minimum Gasteiger partial charge on any atom is -0.383 e. The third-order valence-electron chi connectivity index (χ3n) is 3.59. The van der Waals surface area contributed by atoms with Gasteiger partial charge in [0.05, 0.1) is 18.4 Å². The standard InChI is InChI=1S/C15H19ClN2O3/c1-9-12(16)4-3-5-13(9)18-15(20)11-8-10(11)14(19)17-6-7-21-2/h3-5,10-11H,6-8H2,1-2H3,(H,17,19)(H,18,20). The molecule has 21 heavy (non-hydrogen) atoms. The fraction of sp³-hybridized carbons (Fsp3) is 0.467. The SMILES string of the molecule is COCCNC(=O)C1CC1C(=O)Nc1cccc(Cl)c1C. The second-order valence-corrected chi connectivity index (χ2v) is 5.54. The second-order valence-electron chi connectivity index (χ2n) is 5.13. The van der Waals surface area contributed by atoms with E-state index in [2.05, 4.69) is 10.6 Å². The quantitative estimate of drug-likeness (QED) is 0.790. The molecule has 1 aromatic rings. The normalized spacial score (nSPS) is 20.0. The van der Waals surface area contributed by atoms with E-state index in [1.54, 1.807) is 25.3 Å². The van der Waals surface area contributed by atoms with E-state index in [4.69, 9.17) is 16.3 Å². The summed E-state index contributed by atoms with van der Waals surface area (Å²) in [7, 11) is 1.58. The maximum Gasteiger partial charge on any atom is 0.228 e. The molecule has 1 saturated carbocycles. The van der Waals surface area contributed by atoms with Gasteiger partial charge in [-0.15, -0.1) is 0 Å². The zero-order chi connectivity index (χ0) is 15.4. The van der Waals surface area contributed by atoms with Crippen LogP contribution in [-0.2, 0) is 14.3 Å². The maximum atomic E-state index is 12.1. The molecule has 1 aliphatic rings. The number of carbonyl (C=O) groups is 2. The number of methoxy groups -OCH3 is 1. The molecule has 0 radical (unpaired) electrons. The number of amides is 2. The van der Waals surface area contributed by atoms with E-state index >= 15 is 0 Å². The molecule has 6 heteroatoms. The molecule has 1 fully saturated rings. The Balaban J connectivity index is 1.86. The molecule has 0 spiro atoms. The number of benzene rings is 1. The van der Waals surface area contributed by atoms with E-state index in [-0.39, 0.29) is 23.7 Å². The predicted molar refractivity (Wildman–Crippen MR) is 81.3 cm³/mol. The Labute approximate surface area is 129 Å². The molecule has 5 nitrogen and oxygen atoms in total. The van der Waals surface area contributed by atoms with Gasteiger partial charge in [0.25, 0.3) is 0 Å². The molecule has 1 aliphatic carbocycles. The van der Waals surface area contributed by atoms with Crippen LogP contribution in [0, 0.1) is 18.8 Å². The molecule has 0 bridgehead atoms. The summed E-state index contributed by atoms with van der Waals surface area (Å²) >= 11 is 6.02. The lowest BCUT2D eigenvalue weighted by atomic mass is 10.2. The van der Waals surface area contributed by atoms with Gasteiger partial charge < -0.3 is 15.4 Å². The Bertz CT molecular complexity index is 548. The van der Waals surface area contributed by atoms with Crippen molar-refractivity contribution in [2.75, 3.05) is 25.6 Å². The summed E-state index contributed by atoms with van der Waals surface area (Å²) in [5, 5.41) is 6.20. The summed E-state index contributed by atoms with van der Waals surface area (Å²) in [6, 6.07) is 5.36. The Morgan fingerprint density at radius 2 is 2.05 bits per heavy atom. The van der Waals surface area contributed by atoms with Crippen LogP contribution in [0.4, 0.5) is 5.69 Å². The van der Waals surface area contributed by atoms with Crippen LogP contribution in [0.2, 0.25) is 5.02 Å². The highest BCUT2D eigenvalue weighted by Gasteiger charge is 2.47. The van der Waals surface area contributed by atoms with Gasteiger partial charge in [0.2, 0.25) is 11.8 Å². The van der Waals surface area contributed by atoms with Crippen molar-refractivity contribution in [2.45, 2.75) is 13.3 Å². The number of hydrogen-bond acceptors (Lipinski definition) is 3. The van der Waals surface area contributed by atoms with E-state index in [1.165, 1.54) is 0 Å². The van der Waals surface area contributed by atoms with Crippen LogP contribution >= 0.6 is 11.6 Å². The van der Waals surface area contributed by atoms with E-state index in [0.29, 0.717) is 30.3 Å². The van der Waals surface area contributed by atoms with Crippen molar-refractivity contribution in [3.05, 3.63) is 28.8 Å². The van der Waals surface area contributed by atoms with Crippen molar-refractivity contribution in [1.82, 2.24) is 5.32 Å². The topological polar surface area (TPSA) is 67.4 Å². The number of anilines is 1. The number of halogens is 1. The van der Waals surface area contributed by atoms with Gasteiger partial charge in [-0.2, -0.15) is 0 Å². The Kier molecular flexibility index (Phi) is 5.20. The minimum atomic E-state index is -0.258. The third-order valence-corrected chi connectivity index (χ3v) is 4.00. The molecule has 114 valence electrons. The van der Waals surface area contributed by atoms with Gasteiger partial charge in [0, 0.05) is 24.4 Å². The van der Waals surface area contributed by atoms with Crippen LogP contribution in [0.25, 0.3) is 0 Å². The van der Waals surface area contributed by atoms with E-state index in [0.717, 1.165) is 5.56 Å². The lowest BCUT2D eigenvalue weighted by molar-refractivity contribution is -0.125. The van der Waals surface area contributed by atoms with Gasteiger partial charge in [-0.3, -0.25) is 9.59 Å². The molecule has 1 aromatic carbocycles. The largest absolute Gasteiger partial charge is 0.383 e. The molecule has 0 heterocycles. The number of carbonyl (C=O) groups excluding carboxylic acids is 2. The van der Waals surface area contributed by atoms with Crippen molar-refractivity contribution >= 4 is 29.1 Å². The van der Waals surface area contributed by atoms with Crippen LogP contribution in [0.3, 0.4) is 0 Å². The third kappa shape index (κ3) is 3.95. The number of nitrogens with one attached hydrogen (secondary N) is 2. The fourth-order valence-corrected chi connectivity index (χ4v) is 2.32. The van der Waals surface area contributed by atoms with Gasteiger partial charge >= 0.3 is 0 Å². The molecule has 2 unspecified atom stereocenters. The predicted octanol–water partition coefficient (Wildman–Crippen LogP) is 1.99. The van der Waals surface area contributed by atoms with Gasteiger partial charge in [-0.25, -0.2) is 0 Å². The molecule has 2 rings (SSSR count). The highest BCUT2D eigenvalue weighted by molar-refractivity contribution is 6.31. The first-order valence-electron chi connectivity index (χ1n) is 6.87. The average molecular weight is 311 g/mol. The van der Waals surface area contributed by atoms with E-state index < -0.39 is 0 Å². The van der Waals surface area contributed by atoms with Crippen molar-refractivity contribution in [2.24, 2.45) is 11.8 Å². The van der Waals surface area contributed by atoms with Crippen molar-refractivity contribution in [1.29, 1.82) is 0 Å². The zero-order valence-electron chi connectivity index (χ0n) is 12.1. The summed E-state index contributed by atoms with van der Waals surface area (Å²) in [4.78, 5) is 23.9. The second kappa shape index (κ2) is 6.91. The molecule has 2 amide bonds. The summed E-state index contributed by atoms with van der Waals surface area (Å²) in [6.45, 7) is 2.78. The van der Waals surface area contributed by atoms with E-state index in [9.17, 15) is 9.59 Å². The Hall–Kier alpha value is -1.59. The van der Waals surface area contributed by atoms with Crippen molar-refractivity contribution in [3.8, 4) is 0 Å². The van der Waals surface area contributed by atoms with Gasteiger partial charge in [-0.1, -0.05) is 17.7 Å². The summed E-state index contributed by atoms with van der Waals surface area (Å²) in [5.41, 5.74) is 1.52. The molecular weight excluding hydrogens is 292 g/mol. The zero-order valence-corrected chi connectivity index (χ0v) is 12.9. The first-order valence-corrected chi connectivity index (χ1v) is 7.25. The Morgan fingerprint density at radius 1 is 1.33 bits per heavy atom. The van der Waals surface area contributed by atoms with Crippen LogP contribution < -0.4 is 10.6 Å². The smallest absolute Gasteiger partial charge is 0.228 e. The summed E-state index contributed by atoms with van der Waals surface area (Å²) < 4.78 is 4.86. The first-order chi connectivity index (χ1) is 10.0. The van der Waals surface area contributed by atoms with Gasteiger partial charge in [-0.05, 0) is 31.0 Å². The summed E-state index contributed by atoms with van der Waals surface area (Å²) in [5.74, 6) is -0.713.